The summed E-state index contributed by atoms with van der Waals surface area (Å²) in [5.74, 6) is 5.45. The maximum atomic E-state index is 10.9. The first kappa shape index (κ1) is 7.93. The van der Waals surface area contributed by atoms with Crippen molar-refractivity contribution in [2.45, 2.75) is 25.8 Å². The number of rotatable bonds is 2. The molecular weight excluding hydrogens is 140 g/mol. The zero-order chi connectivity index (χ0) is 8.10. The summed E-state index contributed by atoms with van der Waals surface area (Å²) in [5.41, 5.74) is 0. The molecule has 1 saturated carbocycles. The summed E-state index contributed by atoms with van der Waals surface area (Å²) in [5, 5.41) is 5.43. The van der Waals surface area contributed by atoms with Crippen LogP contribution in [-0.4, -0.2) is 18.6 Å². The zero-order valence-corrected chi connectivity index (χ0v) is 6.61. The number of nitrogens with one attached hydrogen (secondary N) is 2. The first-order valence-electron chi connectivity index (χ1n) is 3.77. The molecule has 11 heavy (non-hydrogen) atoms. The molecule has 0 atom stereocenters. The predicted molar refractivity (Wildman–Crippen MR) is 43.0 cm³/mol. The van der Waals surface area contributed by atoms with Crippen molar-refractivity contribution in [2.75, 3.05) is 6.54 Å². The lowest BCUT2D eigenvalue weighted by Crippen LogP contribution is -2.36. The van der Waals surface area contributed by atoms with Crippen LogP contribution in [0.3, 0.4) is 0 Å². The van der Waals surface area contributed by atoms with Gasteiger partial charge in [0.25, 0.3) is 0 Å². The van der Waals surface area contributed by atoms with Gasteiger partial charge in [0.1, 0.15) is 0 Å². The number of amides is 2. The Hall–Kier alpha value is -1.17. The standard InChI is InChI=1S/C8H12N2O/c1-2-3-6-9-8(11)10-7-4-5-7/h7H,4-6H2,1H3,(H2,9,10,11). The van der Waals surface area contributed by atoms with E-state index in [2.05, 4.69) is 22.5 Å². The lowest BCUT2D eigenvalue weighted by atomic mass is 10.6. The van der Waals surface area contributed by atoms with Crippen molar-refractivity contribution in [1.82, 2.24) is 10.6 Å². The molecule has 3 heteroatoms. The zero-order valence-electron chi connectivity index (χ0n) is 6.61. The SMILES string of the molecule is CC#CCNC(=O)NC1CC1. The lowest BCUT2D eigenvalue weighted by Gasteiger charge is -2.01. The summed E-state index contributed by atoms with van der Waals surface area (Å²) in [6.45, 7) is 2.19. The third-order valence-electron chi connectivity index (χ3n) is 1.43. The molecule has 60 valence electrons. The van der Waals surface area contributed by atoms with Crippen LogP contribution < -0.4 is 10.6 Å². The van der Waals surface area contributed by atoms with Gasteiger partial charge in [-0.3, -0.25) is 0 Å². The topological polar surface area (TPSA) is 41.1 Å². The molecular formula is C8H12N2O. The van der Waals surface area contributed by atoms with Crippen molar-refractivity contribution in [2.24, 2.45) is 0 Å². The van der Waals surface area contributed by atoms with E-state index in [9.17, 15) is 4.79 Å². The fraction of sp³-hybridized carbons (Fsp3) is 0.625. The van der Waals surface area contributed by atoms with Gasteiger partial charge in [0, 0.05) is 6.04 Å². The molecule has 0 bridgehead atoms. The average molecular weight is 152 g/mol. The fourth-order valence-electron chi connectivity index (χ4n) is 0.677. The minimum absolute atomic E-state index is 0.102. The van der Waals surface area contributed by atoms with Crippen LogP contribution in [0.25, 0.3) is 0 Å². The van der Waals surface area contributed by atoms with Crippen LogP contribution in [0.15, 0.2) is 0 Å². The molecule has 0 aliphatic heterocycles. The third kappa shape index (κ3) is 3.51. The minimum atomic E-state index is -0.102. The molecule has 3 nitrogen and oxygen atoms in total. The summed E-state index contributed by atoms with van der Waals surface area (Å²) in [7, 11) is 0. The smallest absolute Gasteiger partial charge is 0.315 e. The molecule has 1 fully saturated rings. The fourth-order valence-corrected chi connectivity index (χ4v) is 0.677. The van der Waals surface area contributed by atoms with Crippen molar-refractivity contribution in [3.05, 3.63) is 0 Å². The predicted octanol–water partition coefficient (Wildman–Crippen LogP) is 0.471. The van der Waals surface area contributed by atoms with E-state index >= 15 is 0 Å². The second kappa shape index (κ2) is 3.87. The quantitative estimate of drug-likeness (QED) is 0.555. The summed E-state index contributed by atoms with van der Waals surface area (Å²) in [6, 6.07) is 0.319. The Morgan fingerprint density at radius 1 is 1.64 bits per heavy atom. The van der Waals surface area contributed by atoms with Crippen molar-refractivity contribution >= 4 is 6.03 Å². The van der Waals surface area contributed by atoms with Gasteiger partial charge in [-0.2, -0.15) is 0 Å². The van der Waals surface area contributed by atoms with Gasteiger partial charge in [-0.25, -0.2) is 4.79 Å². The van der Waals surface area contributed by atoms with Gasteiger partial charge in [0.2, 0.25) is 0 Å². The highest BCUT2D eigenvalue weighted by Crippen LogP contribution is 2.17. The minimum Gasteiger partial charge on any atom is -0.335 e. The number of hydrogen-bond donors (Lipinski definition) is 2. The molecule has 1 rings (SSSR count). The summed E-state index contributed by atoms with van der Waals surface area (Å²) < 4.78 is 0. The van der Waals surface area contributed by atoms with Crippen LogP contribution in [0, 0.1) is 11.8 Å². The Morgan fingerprint density at radius 2 is 2.36 bits per heavy atom. The highest BCUT2D eigenvalue weighted by molar-refractivity contribution is 5.74. The summed E-state index contributed by atoms with van der Waals surface area (Å²) in [6.07, 6.45) is 2.24. The van der Waals surface area contributed by atoms with E-state index in [1.165, 1.54) is 0 Å². The average Bonchev–Trinajstić information content (AvgIpc) is 2.72. The molecule has 0 aromatic heterocycles. The second-order valence-electron chi connectivity index (χ2n) is 2.53. The first-order valence-corrected chi connectivity index (χ1v) is 3.77. The Morgan fingerprint density at radius 3 is 2.91 bits per heavy atom. The van der Waals surface area contributed by atoms with Gasteiger partial charge in [0.15, 0.2) is 0 Å². The maximum absolute atomic E-state index is 10.9. The van der Waals surface area contributed by atoms with Crippen LogP contribution in [0.1, 0.15) is 19.8 Å². The molecule has 0 spiro atoms. The highest BCUT2D eigenvalue weighted by atomic mass is 16.2. The van der Waals surface area contributed by atoms with Gasteiger partial charge in [-0.15, -0.1) is 5.92 Å². The molecule has 0 heterocycles. The van der Waals surface area contributed by atoms with Crippen molar-refractivity contribution in [3.63, 3.8) is 0 Å². The van der Waals surface area contributed by atoms with E-state index in [0.717, 1.165) is 12.8 Å². The van der Waals surface area contributed by atoms with Crippen LogP contribution in [0.2, 0.25) is 0 Å². The molecule has 2 amide bonds. The Balaban J connectivity index is 2.03. The molecule has 0 saturated heterocycles. The van der Waals surface area contributed by atoms with Gasteiger partial charge in [-0.05, 0) is 19.8 Å². The monoisotopic (exact) mass is 152 g/mol. The van der Waals surface area contributed by atoms with E-state index in [1.807, 2.05) is 0 Å². The first-order chi connectivity index (χ1) is 5.33. The molecule has 0 aromatic rings. The number of urea groups is 1. The molecule has 2 N–H and O–H groups in total. The normalized spacial score (nSPS) is 14.6. The van der Waals surface area contributed by atoms with Crippen LogP contribution in [0.5, 0.6) is 0 Å². The van der Waals surface area contributed by atoms with Crippen LogP contribution >= 0.6 is 0 Å². The highest BCUT2D eigenvalue weighted by Gasteiger charge is 2.22. The number of carbonyl (C=O) groups excluding carboxylic acids is 1. The summed E-state index contributed by atoms with van der Waals surface area (Å²) >= 11 is 0. The van der Waals surface area contributed by atoms with E-state index in [1.54, 1.807) is 6.92 Å². The van der Waals surface area contributed by atoms with E-state index < -0.39 is 0 Å². The molecule has 1 aliphatic rings. The molecule has 1 aliphatic carbocycles. The number of carbonyl (C=O) groups is 1. The molecule has 0 radical (unpaired) electrons. The van der Waals surface area contributed by atoms with Crippen LogP contribution in [0.4, 0.5) is 4.79 Å². The Labute approximate surface area is 66.5 Å². The Bertz CT molecular complexity index is 198. The van der Waals surface area contributed by atoms with Crippen LogP contribution in [-0.2, 0) is 0 Å². The van der Waals surface area contributed by atoms with Crippen molar-refractivity contribution in [3.8, 4) is 11.8 Å². The van der Waals surface area contributed by atoms with Crippen molar-refractivity contribution in [1.29, 1.82) is 0 Å². The van der Waals surface area contributed by atoms with E-state index in [-0.39, 0.29) is 6.03 Å². The van der Waals surface area contributed by atoms with Gasteiger partial charge >= 0.3 is 6.03 Å². The largest absolute Gasteiger partial charge is 0.335 e. The lowest BCUT2D eigenvalue weighted by molar-refractivity contribution is 0.241. The van der Waals surface area contributed by atoms with Crippen molar-refractivity contribution < 1.29 is 4.79 Å². The molecule has 0 aromatic carbocycles. The summed E-state index contributed by atoms with van der Waals surface area (Å²) in [4.78, 5) is 10.9. The van der Waals surface area contributed by atoms with Gasteiger partial charge in [-0.1, -0.05) is 5.92 Å². The van der Waals surface area contributed by atoms with Gasteiger partial charge in [0.05, 0.1) is 6.54 Å². The maximum Gasteiger partial charge on any atom is 0.315 e. The van der Waals surface area contributed by atoms with E-state index in [4.69, 9.17) is 0 Å². The van der Waals surface area contributed by atoms with Gasteiger partial charge < -0.3 is 10.6 Å². The molecule has 0 unspecified atom stereocenters. The second-order valence-corrected chi connectivity index (χ2v) is 2.53. The van der Waals surface area contributed by atoms with E-state index in [0.29, 0.717) is 12.6 Å². The third-order valence-corrected chi connectivity index (χ3v) is 1.43. The Kier molecular flexibility index (Phi) is 2.79. The number of hydrogen-bond acceptors (Lipinski definition) is 1.